The van der Waals surface area contributed by atoms with Gasteiger partial charge >= 0.3 is 12.2 Å². The maximum atomic E-state index is 12.4. The van der Waals surface area contributed by atoms with Crippen molar-refractivity contribution in [2.24, 2.45) is 0 Å². The largest absolute Gasteiger partial charge is 0.491 e. The molecule has 32 heavy (non-hydrogen) atoms. The lowest BCUT2D eigenvalue weighted by molar-refractivity contribution is 0.0187. The highest BCUT2D eigenvalue weighted by Crippen LogP contribution is 2.24. The Morgan fingerprint density at radius 1 is 1.16 bits per heavy atom. The van der Waals surface area contributed by atoms with Gasteiger partial charge in [-0.1, -0.05) is 12.1 Å². The molecule has 2 rings (SSSR count). The van der Waals surface area contributed by atoms with Gasteiger partial charge in [0.1, 0.15) is 23.6 Å². The van der Waals surface area contributed by atoms with Gasteiger partial charge in [-0.2, -0.15) is 0 Å². The van der Waals surface area contributed by atoms with Crippen molar-refractivity contribution < 1.29 is 28.9 Å². The van der Waals surface area contributed by atoms with Crippen LogP contribution in [0.2, 0.25) is 0 Å². The Labute approximate surface area is 191 Å². The summed E-state index contributed by atoms with van der Waals surface area (Å²) in [5, 5.41) is 13.1. The van der Waals surface area contributed by atoms with Gasteiger partial charge in [-0.25, -0.2) is 9.59 Å². The first-order chi connectivity index (χ1) is 14.8. The van der Waals surface area contributed by atoms with E-state index >= 15 is 0 Å². The maximum absolute atomic E-state index is 12.4. The van der Waals surface area contributed by atoms with E-state index in [1.54, 1.807) is 31.7 Å². The molecule has 2 amide bonds. The van der Waals surface area contributed by atoms with Crippen LogP contribution in [0.5, 0.6) is 5.75 Å². The van der Waals surface area contributed by atoms with E-state index in [-0.39, 0.29) is 18.7 Å². The van der Waals surface area contributed by atoms with Gasteiger partial charge < -0.3 is 29.5 Å². The number of carbonyl (C=O) groups excluding carboxylic acids is 2. The molecule has 8 nitrogen and oxygen atoms in total. The first kappa shape index (κ1) is 25.8. The van der Waals surface area contributed by atoms with Crippen LogP contribution in [0.3, 0.4) is 0 Å². The predicted molar refractivity (Wildman–Crippen MR) is 122 cm³/mol. The number of hydrogen-bond acceptors (Lipinski definition) is 6. The molecule has 0 unspecified atom stereocenters. The Hall–Kier alpha value is -2.48. The predicted octanol–water partition coefficient (Wildman–Crippen LogP) is 4.41. The molecule has 0 aromatic heterocycles. The van der Waals surface area contributed by atoms with Crippen molar-refractivity contribution in [2.75, 3.05) is 19.7 Å². The molecule has 2 atom stereocenters. The highest BCUT2D eigenvalue weighted by Gasteiger charge is 2.32. The molecule has 0 radical (unpaired) electrons. The summed E-state index contributed by atoms with van der Waals surface area (Å²) in [6, 6.07) is 7.19. The monoisotopic (exact) mass is 450 g/mol. The fourth-order valence-electron chi connectivity index (χ4n) is 3.37. The molecule has 8 heteroatoms. The van der Waals surface area contributed by atoms with Gasteiger partial charge in [-0.3, -0.25) is 0 Å². The van der Waals surface area contributed by atoms with Crippen LogP contribution in [0.4, 0.5) is 9.59 Å². The quantitative estimate of drug-likeness (QED) is 0.639. The first-order valence-corrected chi connectivity index (χ1v) is 11.2. The third-order valence-electron chi connectivity index (χ3n) is 4.78. The number of rotatable bonds is 7. The molecule has 1 aliphatic rings. The maximum Gasteiger partial charge on any atom is 0.410 e. The summed E-state index contributed by atoms with van der Waals surface area (Å²) in [6.07, 6.45) is 0.545. The van der Waals surface area contributed by atoms with E-state index in [0.29, 0.717) is 30.9 Å². The lowest BCUT2D eigenvalue weighted by Gasteiger charge is -2.28. The first-order valence-electron chi connectivity index (χ1n) is 11.2. The lowest BCUT2D eigenvalue weighted by Crippen LogP contribution is -2.42. The van der Waals surface area contributed by atoms with Gasteiger partial charge in [-0.15, -0.1) is 0 Å². The van der Waals surface area contributed by atoms with E-state index in [0.717, 1.165) is 12.8 Å². The van der Waals surface area contributed by atoms with E-state index in [9.17, 15) is 14.7 Å². The Balaban J connectivity index is 1.84. The number of amides is 2. The lowest BCUT2D eigenvalue weighted by atomic mass is 10.1. The van der Waals surface area contributed by atoms with Crippen molar-refractivity contribution >= 4 is 12.2 Å². The minimum absolute atomic E-state index is 0.0449. The molecule has 1 saturated heterocycles. The summed E-state index contributed by atoms with van der Waals surface area (Å²) in [4.78, 5) is 25.9. The normalized spacial score (nSPS) is 17.6. The Morgan fingerprint density at radius 2 is 1.84 bits per heavy atom. The minimum Gasteiger partial charge on any atom is -0.491 e. The molecular formula is C24H38N2O6. The Bertz CT molecular complexity index is 768. The number of hydrogen-bond donors (Lipinski definition) is 2. The number of likely N-dealkylation sites (tertiary alicyclic amines) is 1. The van der Waals surface area contributed by atoms with E-state index in [1.165, 1.54) is 0 Å². The third kappa shape index (κ3) is 8.94. The van der Waals surface area contributed by atoms with Crippen LogP contribution in [0, 0.1) is 0 Å². The standard InChI is InChI=1S/C24H38N2O6/c1-23(2,3)31-21(28)25-13-12-20(27)17-9-7-11-19(15-17)30-16-18-10-8-14-26(18)22(29)32-24(4,5)6/h7,9,11,15,18,20,27H,8,10,12-14,16H2,1-6H3,(H,25,28)/t18-,20+/m0/s1. The van der Waals surface area contributed by atoms with Crippen LogP contribution >= 0.6 is 0 Å². The second kappa shape index (κ2) is 10.9. The molecule has 1 fully saturated rings. The van der Waals surface area contributed by atoms with Crippen molar-refractivity contribution in [1.82, 2.24) is 10.2 Å². The minimum atomic E-state index is -0.752. The highest BCUT2D eigenvalue weighted by atomic mass is 16.6. The van der Waals surface area contributed by atoms with Crippen molar-refractivity contribution in [2.45, 2.75) is 84.2 Å². The summed E-state index contributed by atoms with van der Waals surface area (Å²) >= 11 is 0. The number of ether oxygens (including phenoxy) is 3. The summed E-state index contributed by atoms with van der Waals surface area (Å²) < 4.78 is 16.6. The van der Waals surface area contributed by atoms with Crippen LogP contribution < -0.4 is 10.1 Å². The zero-order chi connectivity index (χ0) is 23.9. The summed E-state index contributed by atoms with van der Waals surface area (Å²) in [5.74, 6) is 0.623. The average molecular weight is 451 g/mol. The van der Waals surface area contributed by atoms with Gasteiger partial charge in [0.2, 0.25) is 0 Å². The van der Waals surface area contributed by atoms with Gasteiger partial charge in [-0.05, 0) is 78.5 Å². The molecule has 0 bridgehead atoms. The second-order valence-corrected chi connectivity index (χ2v) is 10.1. The molecule has 0 saturated carbocycles. The Morgan fingerprint density at radius 3 is 2.50 bits per heavy atom. The number of alkyl carbamates (subject to hydrolysis) is 1. The molecule has 1 aliphatic heterocycles. The second-order valence-electron chi connectivity index (χ2n) is 10.1. The summed E-state index contributed by atoms with van der Waals surface area (Å²) in [7, 11) is 0. The molecule has 0 aliphatic carbocycles. The fourth-order valence-corrected chi connectivity index (χ4v) is 3.37. The smallest absolute Gasteiger partial charge is 0.410 e. The molecule has 1 aromatic carbocycles. The van der Waals surface area contributed by atoms with Crippen molar-refractivity contribution in [3.8, 4) is 5.75 Å². The zero-order valence-electron chi connectivity index (χ0n) is 20.1. The number of carbonyl (C=O) groups is 2. The van der Waals surface area contributed by atoms with Crippen molar-refractivity contribution in [3.63, 3.8) is 0 Å². The van der Waals surface area contributed by atoms with E-state index < -0.39 is 23.4 Å². The van der Waals surface area contributed by atoms with Gasteiger partial charge in [0.15, 0.2) is 0 Å². The number of aliphatic hydroxyl groups excluding tert-OH is 1. The number of nitrogens with zero attached hydrogens (tertiary/aromatic N) is 1. The molecule has 1 heterocycles. The average Bonchev–Trinajstić information content (AvgIpc) is 3.12. The van der Waals surface area contributed by atoms with Crippen LogP contribution in [-0.4, -0.2) is 59.1 Å². The number of nitrogens with one attached hydrogen (secondary N) is 1. The van der Waals surface area contributed by atoms with E-state index in [1.807, 2.05) is 39.0 Å². The zero-order valence-corrected chi connectivity index (χ0v) is 20.1. The van der Waals surface area contributed by atoms with Crippen LogP contribution in [0.1, 0.15) is 72.5 Å². The van der Waals surface area contributed by atoms with Crippen LogP contribution in [0.15, 0.2) is 24.3 Å². The molecule has 1 aromatic rings. The molecule has 2 N–H and O–H groups in total. The van der Waals surface area contributed by atoms with Gasteiger partial charge in [0, 0.05) is 13.1 Å². The van der Waals surface area contributed by atoms with Gasteiger partial charge in [0.25, 0.3) is 0 Å². The third-order valence-corrected chi connectivity index (χ3v) is 4.78. The fraction of sp³-hybridized carbons (Fsp3) is 0.667. The number of benzene rings is 1. The Kier molecular flexibility index (Phi) is 8.78. The van der Waals surface area contributed by atoms with Crippen LogP contribution in [-0.2, 0) is 9.47 Å². The van der Waals surface area contributed by atoms with E-state index in [4.69, 9.17) is 14.2 Å². The summed E-state index contributed by atoms with van der Waals surface area (Å²) in [6.45, 7) is 12.3. The van der Waals surface area contributed by atoms with Crippen molar-refractivity contribution in [1.29, 1.82) is 0 Å². The summed E-state index contributed by atoms with van der Waals surface area (Å²) in [5.41, 5.74) is -0.399. The topological polar surface area (TPSA) is 97.3 Å². The highest BCUT2D eigenvalue weighted by molar-refractivity contribution is 5.69. The SMILES string of the molecule is CC(C)(C)OC(=O)NCC[C@@H](O)c1cccc(OC[C@@H]2CCCN2C(=O)OC(C)(C)C)c1. The molecule has 180 valence electrons. The van der Waals surface area contributed by atoms with E-state index in [2.05, 4.69) is 5.32 Å². The molecular weight excluding hydrogens is 412 g/mol. The molecule has 0 spiro atoms. The number of aliphatic hydroxyl groups is 1. The van der Waals surface area contributed by atoms with Crippen LogP contribution in [0.25, 0.3) is 0 Å². The van der Waals surface area contributed by atoms with Gasteiger partial charge in [0.05, 0.1) is 12.1 Å². The van der Waals surface area contributed by atoms with Crippen molar-refractivity contribution in [3.05, 3.63) is 29.8 Å².